The van der Waals surface area contributed by atoms with Crippen LogP contribution in [0.2, 0.25) is 5.02 Å². The summed E-state index contributed by atoms with van der Waals surface area (Å²) in [6.07, 6.45) is 0. The largest absolute Gasteiger partial charge is 0.480 e. The first-order valence-corrected chi connectivity index (χ1v) is 6.77. The van der Waals surface area contributed by atoms with Crippen LogP contribution in [0.1, 0.15) is 5.56 Å². The van der Waals surface area contributed by atoms with Gasteiger partial charge in [-0.15, -0.1) is 0 Å². The Kier molecular flexibility index (Phi) is 6.25. The monoisotopic (exact) mass is 364 g/mol. The van der Waals surface area contributed by atoms with Crippen molar-refractivity contribution < 1.29 is 19.4 Å². The van der Waals surface area contributed by atoms with Gasteiger partial charge in [0.2, 0.25) is 0 Å². The zero-order valence-corrected chi connectivity index (χ0v) is 13.2. The standard InChI is InChI=1S/C12H14BrClN2O4/c1-6-3-7(13)9(4-8(6)14)15-12(19)16-10(5-20-2)11(17)18/h3-4,10H,5H2,1-2H3,(H,17,18)(H2,15,16,19). The fourth-order valence-corrected chi connectivity index (χ4v) is 2.12. The third-order valence-electron chi connectivity index (χ3n) is 2.43. The van der Waals surface area contributed by atoms with Gasteiger partial charge in [-0.05, 0) is 40.5 Å². The molecule has 0 spiro atoms. The van der Waals surface area contributed by atoms with Gasteiger partial charge in [0.1, 0.15) is 0 Å². The number of urea groups is 1. The van der Waals surface area contributed by atoms with E-state index in [-0.39, 0.29) is 6.61 Å². The number of hydrogen-bond donors (Lipinski definition) is 3. The number of methoxy groups -OCH3 is 1. The fraction of sp³-hybridized carbons (Fsp3) is 0.333. The summed E-state index contributed by atoms with van der Waals surface area (Å²) < 4.78 is 5.37. The Labute approximate surface area is 129 Å². The normalized spacial score (nSPS) is 11.8. The van der Waals surface area contributed by atoms with Gasteiger partial charge >= 0.3 is 12.0 Å². The van der Waals surface area contributed by atoms with Crippen LogP contribution in [0.5, 0.6) is 0 Å². The molecule has 0 aliphatic rings. The van der Waals surface area contributed by atoms with Crippen LogP contribution in [0.25, 0.3) is 0 Å². The minimum atomic E-state index is -1.18. The van der Waals surface area contributed by atoms with Gasteiger partial charge < -0.3 is 20.5 Å². The van der Waals surface area contributed by atoms with Crippen molar-refractivity contribution in [1.82, 2.24) is 5.32 Å². The highest BCUT2D eigenvalue weighted by Crippen LogP contribution is 2.29. The van der Waals surface area contributed by atoms with Gasteiger partial charge in [0.15, 0.2) is 6.04 Å². The zero-order valence-electron chi connectivity index (χ0n) is 10.9. The van der Waals surface area contributed by atoms with Crippen LogP contribution in [0, 0.1) is 6.92 Å². The second-order valence-electron chi connectivity index (χ2n) is 4.03. The summed E-state index contributed by atoms with van der Waals surface area (Å²) in [6, 6.07) is 1.55. The van der Waals surface area contributed by atoms with E-state index < -0.39 is 18.0 Å². The van der Waals surface area contributed by atoms with Gasteiger partial charge in [-0.1, -0.05) is 11.6 Å². The van der Waals surface area contributed by atoms with Crippen LogP contribution in [0.15, 0.2) is 16.6 Å². The van der Waals surface area contributed by atoms with E-state index >= 15 is 0 Å². The van der Waals surface area contributed by atoms with Gasteiger partial charge in [-0.3, -0.25) is 0 Å². The molecular weight excluding hydrogens is 351 g/mol. The van der Waals surface area contributed by atoms with Crippen molar-refractivity contribution in [3.63, 3.8) is 0 Å². The number of carboxylic acid groups (broad SMARTS) is 1. The summed E-state index contributed by atoms with van der Waals surface area (Å²) >= 11 is 9.26. The molecular formula is C12H14BrClN2O4. The predicted octanol–water partition coefficient (Wildman–Crippen LogP) is 2.63. The van der Waals surface area contributed by atoms with Gasteiger partial charge in [0, 0.05) is 16.6 Å². The van der Waals surface area contributed by atoms with E-state index in [2.05, 4.69) is 26.6 Å². The number of carboxylic acids is 1. The average Bonchev–Trinajstić information content (AvgIpc) is 2.35. The summed E-state index contributed by atoms with van der Waals surface area (Å²) in [5, 5.41) is 14.2. The molecule has 0 saturated heterocycles. The molecule has 0 radical (unpaired) electrons. The molecule has 1 unspecified atom stereocenters. The summed E-state index contributed by atoms with van der Waals surface area (Å²) in [4.78, 5) is 22.6. The number of aryl methyl sites for hydroxylation is 1. The van der Waals surface area contributed by atoms with E-state index in [0.717, 1.165) is 5.56 Å². The lowest BCUT2D eigenvalue weighted by atomic mass is 10.2. The number of carbonyl (C=O) groups is 2. The van der Waals surface area contributed by atoms with Crippen LogP contribution in [0.4, 0.5) is 10.5 Å². The number of benzene rings is 1. The Morgan fingerprint density at radius 2 is 2.15 bits per heavy atom. The molecule has 0 aliphatic heterocycles. The van der Waals surface area contributed by atoms with E-state index in [1.54, 1.807) is 12.1 Å². The number of ether oxygens (including phenoxy) is 1. The lowest BCUT2D eigenvalue weighted by Crippen LogP contribution is -2.45. The molecule has 8 heteroatoms. The zero-order chi connectivity index (χ0) is 15.3. The molecule has 1 atom stereocenters. The second kappa shape index (κ2) is 7.47. The number of halogens is 2. The fourth-order valence-electron chi connectivity index (χ4n) is 1.40. The molecule has 0 aromatic heterocycles. The Hall–Kier alpha value is -1.31. The van der Waals surface area contributed by atoms with Crippen molar-refractivity contribution >= 4 is 45.2 Å². The van der Waals surface area contributed by atoms with Crippen molar-refractivity contribution in [3.05, 3.63) is 27.2 Å². The number of nitrogens with one attached hydrogen (secondary N) is 2. The number of rotatable bonds is 5. The van der Waals surface area contributed by atoms with E-state index in [0.29, 0.717) is 15.2 Å². The predicted molar refractivity (Wildman–Crippen MR) is 79.3 cm³/mol. The number of amides is 2. The molecule has 2 amide bonds. The topological polar surface area (TPSA) is 87.7 Å². The summed E-state index contributed by atoms with van der Waals surface area (Å²) in [7, 11) is 1.35. The van der Waals surface area contributed by atoms with Gasteiger partial charge in [0.05, 0.1) is 12.3 Å². The maximum Gasteiger partial charge on any atom is 0.328 e. The Morgan fingerprint density at radius 1 is 1.50 bits per heavy atom. The first-order valence-electron chi connectivity index (χ1n) is 5.60. The SMILES string of the molecule is COCC(NC(=O)Nc1cc(Cl)c(C)cc1Br)C(=O)O. The summed E-state index contributed by atoms with van der Waals surface area (Å²) in [6.45, 7) is 1.70. The smallest absolute Gasteiger partial charge is 0.328 e. The van der Waals surface area contributed by atoms with Crippen LogP contribution < -0.4 is 10.6 Å². The van der Waals surface area contributed by atoms with Gasteiger partial charge in [0.25, 0.3) is 0 Å². The molecule has 20 heavy (non-hydrogen) atoms. The molecule has 0 fully saturated rings. The highest BCUT2D eigenvalue weighted by atomic mass is 79.9. The average molecular weight is 366 g/mol. The van der Waals surface area contributed by atoms with Crippen molar-refractivity contribution in [2.24, 2.45) is 0 Å². The molecule has 0 heterocycles. The van der Waals surface area contributed by atoms with Crippen LogP contribution in [0.3, 0.4) is 0 Å². The summed E-state index contributed by atoms with van der Waals surface area (Å²) in [5.74, 6) is -1.18. The minimum absolute atomic E-state index is 0.126. The van der Waals surface area contributed by atoms with E-state index in [4.69, 9.17) is 21.4 Å². The molecule has 110 valence electrons. The van der Waals surface area contributed by atoms with Gasteiger partial charge in [-0.25, -0.2) is 9.59 Å². The molecule has 1 aromatic carbocycles. The van der Waals surface area contributed by atoms with Crippen LogP contribution in [-0.2, 0) is 9.53 Å². The minimum Gasteiger partial charge on any atom is -0.480 e. The Balaban J connectivity index is 2.75. The quantitative estimate of drug-likeness (QED) is 0.748. The van der Waals surface area contributed by atoms with Crippen molar-refractivity contribution in [2.75, 3.05) is 19.0 Å². The molecule has 1 aromatic rings. The third-order valence-corrected chi connectivity index (χ3v) is 3.50. The van der Waals surface area contributed by atoms with Crippen LogP contribution >= 0.6 is 27.5 Å². The highest BCUT2D eigenvalue weighted by Gasteiger charge is 2.20. The van der Waals surface area contributed by atoms with E-state index in [1.165, 1.54) is 7.11 Å². The summed E-state index contributed by atoms with van der Waals surface area (Å²) in [5.41, 5.74) is 1.30. The molecule has 0 bridgehead atoms. The number of hydrogen-bond acceptors (Lipinski definition) is 3. The second-order valence-corrected chi connectivity index (χ2v) is 5.29. The first-order chi connectivity index (χ1) is 9.35. The number of carbonyl (C=O) groups excluding carboxylic acids is 1. The molecule has 3 N–H and O–H groups in total. The highest BCUT2D eigenvalue weighted by molar-refractivity contribution is 9.10. The van der Waals surface area contributed by atoms with Crippen molar-refractivity contribution in [1.29, 1.82) is 0 Å². The molecule has 0 saturated carbocycles. The van der Waals surface area contributed by atoms with Crippen molar-refractivity contribution in [2.45, 2.75) is 13.0 Å². The first kappa shape index (κ1) is 16.7. The Morgan fingerprint density at radius 3 is 2.70 bits per heavy atom. The van der Waals surface area contributed by atoms with E-state index in [1.807, 2.05) is 6.92 Å². The molecule has 6 nitrogen and oxygen atoms in total. The lowest BCUT2D eigenvalue weighted by Gasteiger charge is -2.15. The van der Waals surface area contributed by atoms with Crippen LogP contribution in [-0.4, -0.2) is 36.9 Å². The molecule has 0 aliphatic carbocycles. The lowest BCUT2D eigenvalue weighted by molar-refractivity contribution is -0.140. The number of anilines is 1. The Bertz CT molecular complexity index is 524. The number of aliphatic carboxylic acids is 1. The van der Waals surface area contributed by atoms with Gasteiger partial charge in [-0.2, -0.15) is 0 Å². The van der Waals surface area contributed by atoms with E-state index in [9.17, 15) is 9.59 Å². The van der Waals surface area contributed by atoms with Crippen molar-refractivity contribution in [3.8, 4) is 0 Å². The maximum atomic E-state index is 11.7. The third kappa shape index (κ3) is 4.66. The maximum absolute atomic E-state index is 11.7. The molecule has 1 rings (SSSR count).